The fourth-order valence-electron chi connectivity index (χ4n) is 1.25. The minimum absolute atomic E-state index is 0.139. The van der Waals surface area contributed by atoms with Crippen LogP contribution in [-0.4, -0.2) is 52.3 Å². The average Bonchev–Trinajstić information content (AvgIpc) is 2.28. The predicted molar refractivity (Wildman–Crippen MR) is 62.0 cm³/mol. The van der Waals surface area contributed by atoms with Gasteiger partial charge in [0.25, 0.3) is 5.91 Å². The summed E-state index contributed by atoms with van der Waals surface area (Å²) in [5.41, 5.74) is 0.288. The van der Waals surface area contributed by atoms with E-state index in [4.69, 9.17) is 10.2 Å². The van der Waals surface area contributed by atoms with Gasteiger partial charge < -0.3 is 15.1 Å². The van der Waals surface area contributed by atoms with E-state index in [0.29, 0.717) is 4.60 Å². The lowest BCUT2D eigenvalue weighted by atomic mass is 10.3. The molecule has 0 aromatic carbocycles. The Balaban J connectivity index is 2.81. The second kappa shape index (κ2) is 6.57. The average molecular weight is 289 g/mol. The predicted octanol–water partition coefficient (Wildman–Crippen LogP) is 0.271. The Bertz CT molecular complexity index is 354. The van der Waals surface area contributed by atoms with Gasteiger partial charge in [-0.3, -0.25) is 4.79 Å². The summed E-state index contributed by atoms with van der Waals surface area (Å²) in [6.07, 6.45) is 0. The van der Waals surface area contributed by atoms with Crippen LogP contribution in [0.2, 0.25) is 0 Å². The number of aromatic nitrogens is 1. The molecule has 0 aliphatic heterocycles. The lowest BCUT2D eigenvalue weighted by Gasteiger charge is -2.20. The van der Waals surface area contributed by atoms with Crippen molar-refractivity contribution in [2.45, 2.75) is 0 Å². The second-order valence-electron chi connectivity index (χ2n) is 3.08. The van der Waals surface area contributed by atoms with Crippen molar-refractivity contribution in [2.75, 3.05) is 26.3 Å². The number of nitrogens with zero attached hydrogens (tertiary/aromatic N) is 2. The van der Waals surface area contributed by atoms with E-state index in [9.17, 15) is 4.79 Å². The number of aliphatic hydroxyl groups is 2. The number of halogens is 1. The van der Waals surface area contributed by atoms with Gasteiger partial charge in [-0.2, -0.15) is 0 Å². The van der Waals surface area contributed by atoms with E-state index in [-0.39, 0.29) is 37.9 Å². The number of carbonyl (C=O) groups excluding carboxylic acids is 1. The highest BCUT2D eigenvalue weighted by atomic mass is 79.9. The van der Waals surface area contributed by atoms with Gasteiger partial charge in [0.1, 0.15) is 10.3 Å². The minimum atomic E-state index is -0.301. The number of pyridine rings is 1. The maximum absolute atomic E-state index is 11.9. The van der Waals surface area contributed by atoms with E-state index in [0.717, 1.165) is 0 Å². The van der Waals surface area contributed by atoms with Crippen molar-refractivity contribution >= 4 is 21.8 Å². The van der Waals surface area contributed by atoms with Gasteiger partial charge in [-0.1, -0.05) is 6.07 Å². The van der Waals surface area contributed by atoms with Crippen LogP contribution in [0, 0.1) is 0 Å². The molecule has 2 N–H and O–H groups in total. The summed E-state index contributed by atoms with van der Waals surface area (Å²) in [5, 5.41) is 17.6. The number of carbonyl (C=O) groups is 1. The molecule has 16 heavy (non-hydrogen) atoms. The van der Waals surface area contributed by atoms with E-state index < -0.39 is 0 Å². The molecule has 1 rings (SSSR count). The summed E-state index contributed by atoms with van der Waals surface area (Å²) in [6, 6.07) is 5.02. The number of aliphatic hydroxyl groups excluding tert-OH is 2. The van der Waals surface area contributed by atoms with Crippen molar-refractivity contribution in [2.24, 2.45) is 0 Å². The highest BCUT2D eigenvalue weighted by molar-refractivity contribution is 9.10. The van der Waals surface area contributed by atoms with Crippen molar-refractivity contribution in [3.05, 3.63) is 28.5 Å². The molecule has 1 aromatic rings. The Labute approximate surface area is 102 Å². The quantitative estimate of drug-likeness (QED) is 0.763. The molecule has 6 heteroatoms. The molecule has 0 atom stereocenters. The van der Waals surface area contributed by atoms with E-state index in [1.807, 2.05) is 0 Å². The highest BCUT2D eigenvalue weighted by Gasteiger charge is 2.15. The third-order valence-corrected chi connectivity index (χ3v) is 2.40. The van der Waals surface area contributed by atoms with E-state index in [2.05, 4.69) is 20.9 Å². The topological polar surface area (TPSA) is 73.7 Å². The molecule has 0 aliphatic rings. The fourth-order valence-corrected chi connectivity index (χ4v) is 1.59. The fraction of sp³-hybridized carbons (Fsp3) is 0.400. The Hall–Kier alpha value is -0.980. The molecular weight excluding hydrogens is 276 g/mol. The third kappa shape index (κ3) is 3.55. The van der Waals surface area contributed by atoms with Crippen LogP contribution < -0.4 is 0 Å². The zero-order chi connectivity index (χ0) is 12.0. The Morgan fingerprint density at radius 2 is 1.94 bits per heavy atom. The van der Waals surface area contributed by atoms with Gasteiger partial charge in [-0.25, -0.2) is 4.98 Å². The molecule has 0 spiro atoms. The molecule has 0 saturated heterocycles. The summed E-state index contributed by atoms with van der Waals surface area (Å²) < 4.78 is 0.575. The Kier molecular flexibility index (Phi) is 5.37. The monoisotopic (exact) mass is 288 g/mol. The molecule has 0 fully saturated rings. The molecule has 1 aromatic heterocycles. The summed E-state index contributed by atoms with van der Waals surface area (Å²) in [6.45, 7) is 0.0979. The van der Waals surface area contributed by atoms with Crippen molar-refractivity contribution < 1.29 is 15.0 Å². The van der Waals surface area contributed by atoms with Gasteiger partial charge in [0.05, 0.1) is 13.2 Å². The smallest absolute Gasteiger partial charge is 0.272 e. The maximum Gasteiger partial charge on any atom is 0.272 e. The van der Waals surface area contributed by atoms with Gasteiger partial charge in [0, 0.05) is 13.1 Å². The van der Waals surface area contributed by atoms with Gasteiger partial charge in [0.15, 0.2) is 0 Å². The number of hydrogen-bond acceptors (Lipinski definition) is 4. The van der Waals surface area contributed by atoms with Crippen molar-refractivity contribution in [3.63, 3.8) is 0 Å². The lowest BCUT2D eigenvalue weighted by molar-refractivity contribution is 0.0679. The Morgan fingerprint density at radius 3 is 2.44 bits per heavy atom. The molecule has 0 aliphatic carbocycles. The number of amides is 1. The van der Waals surface area contributed by atoms with Crippen molar-refractivity contribution in [1.29, 1.82) is 0 Å². The van der Waals surface area contributed by atoms with Gasteiger partial charge in [0.2, 0.25) is 0 Å². The van der Waals surface area contributed by atoms with Crippen LogP contribution >= 0.6 is 15.9 Å². The molecule has 88 valence electrons. The molecule has 1 amide bonds. The van der Waals surface area contributed by atoms with E-state index >= 15 is 0 Å². The molecule has 0 saturated carbocycles. The van der Waals surface area contributed by atoms with E-state index in [1.54, 1.807) is 18.2 Å². The highest BCUT2D eigenvalue weighted by Crippen LogP contribution is 2.08. The zero-order valence-electron chi connectivity index (χ0n) is 8.64. The molecule has 0 unspecified atom stereocenters. The molecule has 1 heterocycles. The van der Waals surface area contributed by atoms with Crippen LogP contribution in [0.5, 0.6) is 0 Å². The molecule has 5 nitrogen and oxygen atoms in total. The lowest BCUT2D eigenvalue weighted by Crippen LogP contribution is -2.36. The zero-order valence-corrected chi connectivity index (χ0v) is 10.2. The molecular formula is C10H13BrN2O3. The summed E-state index contributed by atoms with van der Waals surface area (Å²) >= 11 is 3.18. The van der Waals surface area contributed by atoms with Crippen LogP contribution in [0.15, 0.2) is 22.8 Å². The summed E-state index contributed by atoms with van der Waals surface area (Å²) in [4.78, 5) is 17.3. The first-order valence-corrected chi connectivity index (χ1v) is 5.62. The van der Waals surface area contributed by atoms with Crippen LogP contribution in [-0.2, 0) is 0 Å². The largest absolute Gasteiger partial charge is 0.395 e. The van der Waals surface area contributed by atoms with Crippen molar-refractivity contribution in [1.82, 2.24) is 9.88 Å². The standard InChI is InChI=1S/C10H13BrN2O3/c11-9-3-1-2-8(12-9)10(16)13(4-6-14)5-7-15/h1-3,14-15H,4-7H2. The maximum atomic E-state index is 11.9. The van der Waals surface area contributed by atoms with E-state index in [1.165, 1.54) is 4.90 Å². The molecule has 0 radical (unpaired) electrons. The normalized spacial score (nSPS) is 10.2. The van der Waals surface area contributed by atoms with Crippen LogP contribution in [0.3, 0.4) is 0 Å². The first-order valence-electron chi connectivity index (χ1n) is 4.82. The van der Waals surface area contributed by atoms with Crippen LogP contribution in [0.25, 0.3) is 0 Å². The van der Waals surface area contributed by atoms with Crippen LogP contribution in [0.4, 0.5) is 0 Å². The van der Waals surface area contributed by atoms with Crippen molar-refractivity contribution in [3.8, 4) is 0 Å². The SMILES string of the molecule is O=C(c1cccc(Br)n1)N(CCO)CCO. The first kappa shape index (κ1) is 13.1. The second-order valence-corrected chi connectivity index (χ2v) is 3.90. The first-order chi connectivity index (χ1) is 7.69. The van der Waals surface area contributed by atoms with Gasteiger partial charge >= 0.3 is 0 Å². The minimum Gasteiger partial charge on any atom is -0.395 e. The summed E-state index contributed by atoms with van der Waals surface area (Å²) in [7, 11) is 0. The van der Waals surface area contributed by atoms with Crippen LogP contribution in [0.1, 0.15) is 10.5 Å². The Morgan fingerprint density at radius 1 is 1.31 bits per heavy atom. The van der Waals surface area contributed by atoms with Gasteiger partial charge in [-0.05, 0) is 28.1 Å². The molecule has 0 bridgehead atoms. The summed E-state index contributed by atoms with van der Waals surface area (Å²) in [5.74, 6) is -0.301. The number of rotatable bonds is 5. The third-order valence-electron chi connectivity index (χ3n) is 1.96. The van der Waals surface area contributed by atoms with Gasteiger partial charge in [-0.15, -0.1) is 0 Å². The number of hydrogen-bond donors (Lipinski definition) is 2.